The molecule has 0 N–H and O–H groups in total. The van der Waals surface area contributed by atoms with Crippen LogP contribution in [0.1, 0.15) is 13.8 Å². The van der Waals surface area contributed by atoms with Crippen LogP contribution in [0.5, 0.6) is 0 Å². The van der Waals surface area contributed by atoms with Crippen LogP contribution >= 0.6 is 0 Å². The molecule has 0 aromatic carbocycles. The number of hydrogen-bond donors (Lipinski definition) is 0. The van der Waals surface area contributed by atoms with E-state index in [9.17, 15) is 0 Å². The van der Waals surface area contributed by atoms with Crippen LogP contribution in [-0.4, -0.2) is 86.7 Å². The first kappa shape index (κ1) is 12.4. The van der Waals surface area contributed by atoms with Gasteiger partial charge in [0.1, 0.15) is 0 Å². The van der Waals surface area contributed by atoms with Crippen LogP contribution in [0.2, 0.25) is 0 Å². The van der Waals surface area contributed by atoms with E-state index in [0.29, 0.717) is 6.04 Å². The lowest BCUT2D eigenvalue weighted by Gasteiger charge is -2.27. The van der Waals surface area contributed by atoms with E-state index in [0.717, 1.165) is 7.55 Å². The Bertz CT molecular complexity index is 229. The molecule has 0 amide bonds. The van der Waals surface area contributed by atoms with Crippen molar-refractivity contribution in [1.29, 1.82) is 0 Å². The normalized spacial score (nSPS) is 26.9. The van der Waals surface area contributed by atoms with Crippen molar-refractivity contribution in [2.75, 3.05) is 46.3 Å². The highest BCUT2D eigenvalue weighted by Gasteiger charge is 2.27. The molecular formula is C10H24B2N4. The van der Waals surface area contributed by atoms with Crippen molar-refractivity contribution in [1.82, 2.24) is 19.2 Å². The highest BCUT2D eigenvalue weighted by molar-refractivity contribution is 6.30. The fourth-order valence-electron chi connectivity index (χ4n) is 2.72. The standard InChI is InChI=1S/C10H24B2N4/c1-4-14-7-8-16(12-14)10(2)9-15-6-5-13(3)11-15/h10-12H,4-9H2,1-3H3. The van der Waals surface area contributed by atoms with Crippen LogP contribution in [-0.2, 0) is 0 Å². The minimum atomic E-state index is 0.697. The largest absolute Gasteiger partial charge is 0.333 e. The predicted molar refractivity (Wildman–Crippen MR) is 71.9 cm³/mol. The molecule has 0 bridgehead atoms. The van der Waals surface area contributed by atoms with Crippen LogP contribution in [0.25, 0.3) is 0 Å². The fourth-order valence-corrected chi connectivity index (χ4v) is 2.72. The van der Waals surface area contributed by atoms with Gasteiger partial charge in [0.2, 0.25) is 0 Å². The highest BCUT2D eigenvalue weighted by Crippen LogP contribution is 2.09. The summed E-state index contributed by atoms with van der Waals surface area (Å²) in [6.07, 6.45) is 0. The zero-order valence-electron chi connectivity index (χ0n) is 11.0. The van der Waals surface area contributed by atoms with Crippen molar-refractivity contribution in [3.8, 4) is 0 Å². The molecule has 0 radical (unpaired) electrons. The summed E-state index contributed by atoms with van der Waals surface area (Å²) in [6.45, 7) is 12.0. The molecule has 0 aromatic rings. The van der Waals surface area contributed by atoms with E-state index in [1.54, 1.807) is 0 Å². The fraction of sp³-hybridized carbons (Fsp3) is 1.00. The first-order chi connectivity index (χ1) is 7.69. The van der Waals surface area contributed by atoms with Gasteiger partial charge in [-0.1, -0.05) is 6.92 Å². The molecule has 2 heterocycles. The molecule has 0 aliphatic carbocycles. The Kier molecular flexibility index (Phi) is 4.30. The molecule has 2 rings (SSSR count). The molecule has 0 saturated carbocycles. The van der Waals surface area contributed by atoms with Crippen molar-refractivity contribution in [3.63, 3.8) is 0 Å². The Balaban J connectivity index is 1.73. The summed E-state index contributed by atoms with van der Waals surface area (Å²) in [5.41, 5.74) is 0. The third-order valence-corrected chi connectivity index (χ3v) is 3.92. The van der Waals surface area contributed by atoms with E-state index in [4.69, 9.17) is 0 Å². The Hall–Kier alpha value is -0.0301. The number of nitrogens with zero attached hydrogens (tertiary/aromatic N) is 4. The molecule has 1 unspecified atom stereocenters. The molecule has 90 valence electrons. The topological polar surface area (TPSA) is 13.0 Å². The minimum Gasteiger partial charge on any atom is -0.333 e. The van der Waals surface area contributed by atoms with Crippen LogP contribution in [0.3, 0.4) is 0 Å². The lowest BCUT2D eigenvalue weighted by Crippen LogP contribution is -2.44. The summed E-state index contributed by atoms with van der Waals surface area (Å²) >= 11 is 0. The number of rotatable bonds is 4. The summed E-state index contributed by atoms with van der Waals surface area (Å²) in [5, 5.41) is 0. The second-order valence-electron chi connectivity index (χ2n) is 5.31. The zero-order chi connectivity index (χ0) is 11.5. The summed E-state index contributed by atoms with van der Waals surface area (Å²) in [7, 11) is 4.52. The van der Waals surface area contributed by atoms with E-state index in [-0.39, 0.29) is 0 Å². The maximum atomic E-state index is 2.61. The predicted octanol–water partition coefficient (Wildman–Crippen LogP) is -1.21. The number of hydrogen-bond acceptors (Lipinski definition) is 4. The summed E-state index contributed by atoms with van der Waals surface area (Å²) in [5.74, 6) is 0. The van der Waals surface area contributed by atoms with Gasteiger partial charge in [-0.2, -0.15) is 0 Å². The van der Waals surface area contributed by atoms with Crippen molar-refractivity contribution in [2.24, 2.45) is 0 Å². The third-order valence-electron chi connectivity index (χ3n) is 3.92. The Labute approximate surface area is 101 Å². The molecule has 2 aliphatic rings. The van der Waals surface area contributed by atoms with Crippen molar-refractivity contribution in [2.45, 2.75) is 19.9 Å². The molecule has 6 heteroatoms. The average Bonchev–Trinajstić information content (AvgIpc) is 2.87. The SMILES string of the molecule is CCN1BN(C(C)CN2BN(C)CC2)CC1. The third kappa shape index (κ3) is 3.00. The van der Waals surface area contributed by atoms with Gasteiger partial charge in [-0.25, -0.2) is 0 Å². The molecule has 2 fully saturated rings. The maximum absolute atomic E-state index is 2.61. The van der Waals surface area contributed by atoms with E-state index in [1.807, 2.05) is 0 Å². The monoisotopic (exact) mass is 222 g/mol. The van der Waals surface area contributed by atoms with Gasteiger partial charge in [0.15, 0.2) is 0 Å². The smallest absolute Gasteiger partial charge is 0.292 e. The van der Waals surface area contributed by atoms with E-state index in [1.165, 1.54) is 46.8 Å². The molecule has 0 aromatic heterocycles. The molecule has 0 spiro atoms. The second kappa shape index (κ2) is 5.54. The van der Waals surface area contributed by atoms with Crippen LogP contribution < -0.4 is 0 Å². The van der Waals surface area contributed by atoms with Gasteiger partial charge in [-0.3, -0.25) is 0 Å². The summed E-state index contributed by atoms with van der Waals surface area (Å²) in [4.78, 5) is 10.1. The van der Waals surface area contributed by atoms with Crippen molar-refractivity contribution < 1.29 is 0 Å². The van der Waals surface area contributed by atoms with Gasteiger partial charge in [-0.05, 0) is 27.1 Å². The van der Waals surface area contributed by atoms with E-state index < -0.39 is 0 Å². The molecular weight excluding hydrogens is 198 g/mol. The highest BCUT2D eigenvalue weighted by atomic mass is 15.3. The lowest BCUT2D eigenvalue weighted by atomic mass is 10.0. The van der Waals surface area contributed by atoms with Gasteiger partial charge >= 0.3 is 0 Å². The summed E-state index contributed by atoms with van der Waals surface area (Å²) in [6, 6.07) is 0.697. The minimum absolute atomic E-state index is 0.697. The quantitative estimate of drug-likeness (QED) is 0.553. The Morgan fingerprint density at radius 3 is 2.38 bits per heavy atom. The van der Waals surface area contributed by atoms with Gasteiger partial charge in [0.25, 0.3) is 15.1 Å². The lowest BCUT2D eigenvalue weighted by molar-refractivity contribution is 0.312. The van der Waals surface area contributed by atoms with Crippen molar-refractivity contribution >= 4 is 15.1 Å². The molecule has 2 aliphatic heterocycles. The number of likely N-dealkylation sites (N-methyl/N-ethyl adjacent to an activating group) is 2. The van der Waals surface area contributed by atoms with Crippen molar-refractivity contribution in [3.05, 3.63) is 0 Å². The summed E-state index contributed by atoms with van der Waals surface area (Å²) < 4.78 is 0. The van der Waals surface area contributed by atoms with Gasteiger partial charge in [0, 0.05) is 32.2 Å². The molecule has 1 atom stereocenters. The maximum Gasteiger partial charge on any atom is 0.292 e. The van der Waals surface area contributed by atoms with E-state index >= 15 is 0 Å². The van der Waals surface area contributed by atoms with Gasteiger partial charge in [0.05, 0.1) is 0 Å². The van der Waals surface area contributed by atoms with Gasteiger partial charge < -0.3 is 19.2 Å². The Morgan fingerprint density at radius 2 is 1.81 bits per heavy atom. The Morgan fingerprint density at radius 1 is 1.06 bits per heavy atom. The first-order valence-electron chi connectivity index (χ1n) is 6.56. The molecule has 2 saturated heterocycles. The van der Waals surface area contributed by atoms with Crippen LogP contribution in [0.4, 0.5) is 0 Å². The van der Waals surface area contributed by atoms with Crippen LogP contribution in [0.15, 0.2) is 0 Å². The van der Waals surface area contributed by atoms with Crippen LogP contribution in [0, 0.1) is 0 Å². The zero-order valence-corrected chi connectivity index (χ0v) is 11.0. The first-order valence-corrected chi connectivity index (χ1v) is 6.56. The molecule has 4 nitrogen and oxygen atoms in total. The van der Waals surface area contributed by atoms with Gasteiger partial charge in [-0.15, -0.1) is 0 Å². The molecule has 16 heavy (non-hydrogen) atoms. The average molecular weight is 222 g/mol. The second-order valence-corrected chi connectivity index (χ2v) is 5.31. The van der Waals surface area contributed by atoms with E-state index in [2.05, 4.69) is 40.1 Å².